The number of rotatable bonds is 5. The molecule has 15 heavy (non-hydrogen) atoms. The Morgan fingerprint density at radius 3 is 2.93 bits per heavy atom. The number of hydrogen-bond acceptors (Lipinski definition) is 3. The Bertz CT molecular complexity index is 391. The molecule has 2 nitrogen and oxygen atoms in total. The standard InChI is InChI=1S/C12H15NOS/c1-2-3-6-9-15-12-13-10-7-4-5-8-11(10)14-12/h4-5,7-8H,2-3,6,9H2,1H3. The Hall–Kier alpha value is -0.960. The molecule has 3 heteroatoms. The number of nitrogens with zero attached hydrogens (tertiary/aromatic N) is 1. The summed E-state index contributed by atoms with van der Waals surface area (Å²) in [6, 6.07) is 7.89. The molecule has 0 N–H and O–H groups in total. The van der Waals surface area contributed by atoms with E-state index in [1.807, 2.05) is 24.3 Å². The summed E-state index contributed by atoms with van der Waals surface area (Å²) in [5, 5.41) is 0.798. The Morgan fingerprint density at radius 1 is 1.27 bits per heavy atom. The van der Waals surface area contributed by atoms with Crippen molar-refractivity contribution in [3.05, 3.63) is 24.3 Å². The molecule has 0 unspecified atom stereocenters. The number of aromatic nitrogens is 1. The van der Waals surface area contributed by atoms with Crippen molar-refractivity contribution in [2.45, 2.75) is 31.4 Å². The number of fused-ring (bicyclic) bond motifs is 1. The van der Waals surface area contributed by atoms with E-state index in [1.54, 1.807) is 11.8 Å². The van der Waals surface area contributed by atoms with Crippen molar-refractivity contribution in [3.8, 4) is 0 Å². The second-order valence-corrected chi connectivity index (χ2v) is 4.55. The number of benzene rings is 1. The summed E-state index contributed by atoms with van der Waals surface area (Å²) in [6.07, 6.45) is 3.78. The smallest absolute Gasteiger partial charge is 0.256 e. The van der Waals surface area contributed by atoms with Gasteiger partial charge >= 0.3 is 0 Å². The second kappa shape index (κ2) is 5.21. The lowest BCUT2D eigenvalue weighted by Crippen LogP contribution is -1.79. The molecule has 2 aromatic rings. The first-order valence-electron chi connectivity index (χ1n) is 5.38. The van der Waals surface area contributed by atoms with Crippen molar-refractivity contribution in [3.63, 3.8) is 0 Å². The summed E-state index contributed by atoms with van der Waals surface area (Å²) in [7, 11) is 0. The highest BCUT2D eigenvalue weighted by Crippen LogP contribution is 2.23. The fourth-order valence-corrected chi connectivity index (χ4v) is 2.26. The van der Waals surface area contributed by atoms with Crippen molar-refractivity contribution < 1.29 is 4.42 Å². The average Bonchev–Trinajstić information content (AvgIpc) is 2.67. The minimum absolute atomic E-state index is 0.798. The summed E-state index contributed by atoms with van der Waals surface area (Å²) in [5.41, 5.74) is 1.84. The van der Waals surface area contributed by atoms with E-state index < -0.39 is 0 Å². The highest BCUT2D eigenvalue weighted by Gasteiger charge is 2.04. The fraction of sp³-hybridized carbons (Fsp3) is 0.417. The topological polar surface area (TPSA) is 26.0 Å². The van der Waals surface area contributed by atoms with E-state index in [4.69, 9.17) is 4.42 Å². The summed E-state index contributed by atoms with van der Waals surface area (Å²) >= 11 is 1.71. The van der Waals surface area contributed by atoms with Crippen LogP contribution >= 0.6 is 11.8 Å². The number of thioether (sulfide) groups is 1. The number of para-hydroxylation sites is 2. The summed E-state index contributed by atoms with van der Waals surface area (Å²) in [6.45, 7) is 2.21. The van der Waals surface area contributed by atoms with Crippen LogP contribution < -0.4 is 0 Å². The zero-order valence-corrected chi connectivity index (χ0v) is 9.72. The lowest BCUT2D eigenvalue weighted by Gasteiger charge is -1.94. The number of hydrogen-bond donors (Lipinski definition) is 0. The van der Waals surface area contributed by atoms with Crippen molar-refractivity contribution in [1.82, 2.24) is 4.98 Å². The van der Waals surface area contributed by atoms with Gasteiger partial charge < -0.3 is 4.42 Å². The van der Waals surface area contributed by atoms with E-state index in [-0.39, 0.29) is 0 Å². The molecular weight excluding hydrogens is 206 g/mol. The van der Waals surface area contributed by atoms with Crippen molar-refractivity contribution in [2.75, 3.05) is 5.75 Å². The molecule has 2 rings (SSSR count). The van der Waals surface area contributed by atoms with Crippen LogP contribution in [0.2, 0.25) is 0 Å². The molecule has 0 saturated carbocycles. The first-order valence-corrected chi connectivity index (χ1v) is 6.37. The summed E-state index contributed by atoms with van der Waals surface area (Å²) in [5.74, 6) is 1.10. The molecule has 0 saturated heterocycles. The van der Waals surface area contributed by atoms with E-state index in [0.29, 0.717) is 0 Å². The van der Waals surface area contributed by atoms with Crippen molar-refractivity contribution in [2.24, 2.45) is 0 Å². The third-order valence-electron chi connectivity index (χ3n) is 2.25. The molecule has 80 valence electrons. The van der Waals surface area contributed by atoms with Gasteiger partial charge in [-0.2, -0.15) is 0 Å². The Labute approximate surface area is 94.1 Å². The van der Waals surface area contributed by atoms with Crippen LogP contribution in [0.1, 0.15) is 26.2 Å². The molecule has 0 fully saturated rings. The van der Waals surface area contributed by atoms with Gasteiger partial charge in [-0.3, -0.25) is 0 Å². The Balaban J connectivity index is 1.97. The van der Waals surface area contributed by atoms with E-state index in [2.05, 4.69) is 11.9 Å². The van der Waals surface area contributed by atoms with Gasteiger partial charge in [0.15, 0.2) is 5.58 Å². The first kappa shape index (κ1) is 10.6. The molecule has 0 aliphatic rings. The normalized spacial score (nSPS) is 11.0. The van der Waals surface area contributed by atoms with Crippen molar-refractivity contribution in [1.29, 1.82) is 0 Å². The third-order valence-corrected chi connectivity index (χ3v) is 3.16. The minimum Gasteiger partial charge on any atom is -0.431 e. The Kier molecular flexibility index (Phi) is 3.67. The number of oxazole rings is 1. The molecule has 0 bridgehead atoms. The van der Waals surface area contributed by atoms with Crippen LogP contribution in [0.3, 0.4) is 0 Å². The molecule has 1 heterocycles. The molecule has 0 atom stereocenters. The molecule has 0 radical (unpaired) electrons. The van der Waals surface area contributed by atoms with Gasteiger partial charge in [-0.15, -0.1) is 0 Å². The minimum atomic E-state index is 0.798. The van der Waals surface area contributed by atoms with Crippen LogP contribution in [0.15, 0.2) is 33.9 Å². The second-order valence-electron chi connectivity index (χ2n) is 3.50. The van der Waals surface area contributed by atoms with Crippen LogP contribution in [-0.2, 0) is 0 Å². The molecule has 1 aromatic heterocycles. The average molecular weight is 221 g/mol. The lowest BCUT2D eigenvalue weighted by atomic mass is 10.3. The molecular formula is C12H15NOS. The maximum Gasteiger partial charge on any atom is 0.256 e. The SMILES string of the molecule is CCCCCSc1nc2ccccc2o1. The van der Waals surface area contributed by atoms with Gasteiger partial charge in [0.2, 0.25) is 0 Å². The van der Waals surface area contributed by atoms with Crippen LogP contribution in [0.4, 0.5) is 0 Å². The van der Waals surface area contributed by atoms with Crippen LogP contribution in [0, 0.1) is 0 Å². The maximum atomic E-state index is 5.60. The molecule has 0 aliphatic heterocycles. The van der Waals surface area contributed by atoms with Gasteiger partial charge in [-0.25, -0.2) is 4.98 Å². The molecule has 0 aliphatic carbocycles. The summed E-state index contributed by atoms with van der Waals surface area (Å²) in [4.78, 5) is 4.41. The Morgan fingerprint density at radius 2 is 2.13 bits per heavy atom. The van der Waals surface area contributed by atoms with Crippen LogP contribution in [0.5, 0.6) is 0 Å². The predicted octanol–water partition coefficient (Wildman–Crippen LogP) is 4.11. The largest absolute Gasteiger partial charge is 0.431 e. The zero-order valence-electron chi connectivity index (χ0n) is 8.90. The number of unbranched alkanes of at least 4 members (excludes halogenated alkanes) is 2. The van der Waals surface area contributed by atoms with E-state index in [9.17, 15) is 0 Å². The quantitative estimate of drug-likeness (QED) is 0.561. The maximum absolute atomic E-state index is 5.60. The van der Waals surface area contributed by atoms with Gasteiger partial charge in [0.05, 0.1) is 0 Å². The van der Waals surface area contributed by atoms with Crippen LogP contribution in [-0.4, -0.2) is 10.7 Å². The predicted molar refractivity (Wildman–Crippen MR) is 64.3 cm³/mol. The third kappa shape index (κ3) is 2.75. The monoisotopic (exact) mass is 221 g/mol. The van der Waals surface area contributed by atoms with Crippen LogP contribution in [0.25, 0.3) is 11.1 Å². The molecule has 0 spiro atoms. The van der Waals surface area contributed by atoms with Gasteiger partial charge in [-0.1, -0.05) is 43.7 Å². The van der Waals surface area contributed by atoms with Gasteiger partial charge in [0, 0.05) is 5.75 Å². The van der Waals surface area contributed by atoms with E-state index in [0.717, 1.165) is 22.1 Å². The first-order chi connectivity index (χ1) is 7.40. The van der Waals surface area contributed by atoms with Crippen molar-refractivity contribution >= 4 is 22.9 Å². The molecule has 0 amide bonds. The van der Waals surface area contributed by atoms with E-state index in [1.165, 1.54) is 19.3 Å². The fourth-order valence-electron chi connectivity index (χ4n) is 1.42. The van der Waals surface area contributed by atoms with Gasteiger partial charge in [-0.05, 0) is 18.6 Å². The zero-order chi connectivity index (χ0) is 10.5. The highest BCUT2D eigenvalue weighted by molar-refractivity contribution is 7.99. The van der Waals surface area contributed by atoms with E-state index >= 15 is 0 Å². The highest BCUT2D eigenvalue weighted by atomic mass is 32.2. The van der Waals surface area contributed by atoms with Gasteiger partial charge in [0.25, 0.3) is 5.22 Å². The van der Waals surface area contributed by atoms with Gasteiger partial charge in [0.1, 0.15) is 5.52 Å². The lowest BCUT2D eigenvalue weighted by molar-refractivity contribution is 0.489. The summed E-state index contributed by atoms with van der Waals surface area (Å²) < 4.78 is 5.60. The molecule has 1 aromatic carbocycles.